The molecule has 0 radical (unpaired) electrons. The van der Waals surface area contributed by atoms with Crippen molar-refractivity contribution in [3.8, 4) is 23.7 Å². The molecule has 3 rings (SSSR count). The molecule has 1 aliphatic rings. The summed E-state index contributed by atoms with van der Waals surface area (Å²) in [5.41, 5.74) is 2.52. The van der Waals surface area contributed by atoms with Crippen LogP contribution in [0, 0.1) is 29.1 Å². The minimum atomic E-state index is -3.94. The first kappa shape index (κ1) is 33.4. The van der Waals surface area contributed by atoms with Crippen molar-refractivity contribution in [1.82, 2.24) is 14.3 Å². The lowest BCUT2D eigenvalue weighted by atomic mass is 10.1. The summed E-state index contributed by atoms with van der Waals surface area (Å²) in [4.78, 5) is 26.1. The van der Waals surface area contributed by atoms with E-state index in [0.29, 0.717) is 37.6 Å². The fraction of sp³-hybridized carbons (Fsp3) is 0.433. The number of aliphatic carboxylic acids is 1. The zero-order valence-corrected chi connectivity index (χ0v) is 25.3. The molecule has 0 aliphatic carbocycles. The van der Waals surface area contributed by atoms with E-state index in [1.54, 1.807) is 32.0 Å². The van der Waals surface area contributed by atoms with Crippen molar-refractivity contribution < 1.29 is 32.6 Å². The molecule has 1 saturated heterocycles. The number of piperazine rings is 1. The molecule has 12 nitrogen and oxygen atoms in total. The van der Waals surface area contributed by atoms with Crippen molar-refractivity contribution in [1.29, 1.82) is 5.26 Å². The van der Waals surface area contributed by atoms with Crippen LogP contribution in [0.5, 0.6) is 5.75 Å². The molecule has 2 aromatic rings. The van der Waals surface area contributed by atoms with Gasteiger partial charge >= 0.3 is 5.97 Å². The molecular weight excluding hydrogens is 574 g/mol. The Balaban J connectivity index is 1.65. The van der Waals surface area contributed by atoms with E-state index in [1.807, 2.05) is 37.3 Å². The zero-order chi connectivity index (χ0) is 31.4. The van der Waals surface area contributed by atoms with E-state index in [2.05, 4.69) is 26.8 Å². The van der Waals surface area contributed by atoms with Crippen LogP contribution in [0.3, 0.4) is 0 Å². The average Bonchev–Trinajstić information content (AvgIpc) is 3.00. The molecule has 2 aromatic carbocycles. The smallest absolute Gasteiger partial charge is 0.322 e. The van der Waals surface area contributed by atoms with Crippen molar-refractivity contribution in [2.75, 3.05) is 57.4 Å². The third-order valence-electron chi connectivity index (χ3n) is 6.61. The lowest BCUT2D eigenvalue weighted by Crippen LogP contribution is -2.55. The number of carboxylic acids is 1. The van der Waals surface area contributed by atoms with Crippen molar-refractivity contribution in [2.24, 2.45) is 5.92 Å². The van der Waals surface area contributed by atoms with Gasteiger partial charge in [-0.15, -0.1) is 0 Å². The zero-order valence-electron chi connectivity index (χ0n) is 24.5. The molecule has 1 heterocycles. The van der Waals surface area contributed by atoms with Crippen LogP contribution < -0.4 is 19.7 Å². The molecule has 1 fully saturated rings. The maximum Gasteiger partial charge on any atom is 0.322 e. The van der Waals surface area contributed by atoms with Crippen LogP contribution in [0.1, 0.15) is 42.3 Å². The Kier molecular flexibility index (Phi) is 12.3. The van der Waals surface area contributed by atoms with Crippen molar-refractivity contribution in [3.05, 3.63) is 59.2 Å². The second-order valence-corrected chi connectivity index (χ2v) is 11.7. The summed E-state index contributed by atoms with van der Waals surface area (Å²) in [7, 11) is -3.94. The summed E-state index contributed by atoms with van der Waals surface area (Å²) in [6.45, 7) is 7.59. The number of ether oxygens (including phenoxy) is 2. The van der Waals surface area contributed by atoms with Crippen molar-refractivity contribution in [2.45, 2.75) is 26.8 Å². The number of nitriles is 1. The van der Waals surface area contributed by atoms with E-state index in [9.17, 15) is 23.1 Å². The maximum atomic E-state index is 12.7. The summed E-state index contributed by atoms with van der Waals surface area (Å²) in [6, 6.07) is 13.3. The Morgan fingerprint density at radius 3 is 2.28 bits per heavy atom. The third-order valence-corrected chi connectivity index (χ3v) is 8.21. The molecular formula is C30H37N5O7S. The number of anilines is 1. The number of hydrogen-bond donors (Lipinski definition) is 3. The molecule has 1 atom stereocenters. The van der Waals surface area contributed by atoms with E-state index >= 15 is 0 Å². The normalized spacial score (nSPS) is 14.3. The van der Waals surface area contributed by atoms with E-state index in [0.717, 1.165) is 11.3 Å². The number of nitrogens with one attached hydrogen (secondary N) is 2. The van der Waals surface area contributed by atoms with Gasteiger partial charge in [0.15, 0.2) is 0 Å². The molecule has 230 valence electrons. The third kappa shape index (κ3) is 9.70. The predicted molar refractivity (Wildman–Crippen MR) is 161 cm³/mol. The predicted octanol–water partition coefficient (Wildman–Crippen LogP) is 1.82. The second-order valence-electron chi connectivity index (χ2n) is 9.96. The first-order chi connectivity index (χ1) is 20.6. The monoisotopic (exact) mass is 611 g/mol. The SMILES string of the molecule is CCOCCOc1ccc(C#Cc2ccc(N3CCN(S(=O)(=O)N[C@@H](C(=O)O)C(C)C)CC3)cc2)cc1C(=O)NCC#N. The Morgan fingerprint density at radius 2 is 1.67 bits per heavy atom. The molecule has 1 amide bonds. The minimum absolute atomic E-state index is 0.134. The number of rotatable bonds is 13. The summed E-state index contributed by atoms with van der Waals surface area (Å²) in [5.74, 6) is 4.48. The average molecular weight is 612 g/mol. The van der Waals surface area contributed by atoms with Gasteiger partial charge in [-0.1, -0.05) is 25.7 Å². The molecule has 0 aromatic heterocycles. The van der Waals surface area contributed by atoms with Gasteiger partial charge < -0.3 is 24.8 Å². The number of nitrogens with zero attached hydrogens (tertiary/aromatic N) is 3. The van der Waals surface area contributed by atoms with Crippen LogP contribution in [-0.2, 0) is 19.7 Å². The van der Waals surface area contributed by atoms with Crippen molar-refractivity contribution >= 4 is 27.8 Å². The first-order valence-electron chi connectivity index (χ1n) is 13.9. The van der Waals surface area contributed by atoms with Crippen LogP contribution in [0.4, 0.5) is 5.69 Å². The number of benzene rings is 2. The van der Waals surface area contributed by atoms with Crippen molar-refractivity contribution in [3.63, 3.8) is 0 Å². The van der Waals surface area contributed by atoms with Crippen LogP contribution in [0.15, 0.2) is 42.5 Å². The van der Waals surface area contributed by atoms with Gasteiger partial charge in [0.1, 0.15) is 24.9 Å². The summed E-state index contributed by atoms with van der Waals surface area (Å²) >= 11 is 0. The van der Waals surface area contributed by atoms with Crippen LogP contribution in [0.2, 0.25) is 0 Å². The number of carbonyl (C=O) groups excluding carboxylic acids is 1. The van der Waals surface area contributed by atoms with E-state index in [1.165, 1.54) is 4.31 Å². The van der Waals surface area contributed by atoms with E-state index in [-0.39, 0.29) is 31.8 Å². The Hall–Kier alpha value is -4.14. The lowest BCUT2D eigenvalue weighted by molar-refractivity contribution is -0.140. The molecule has 0 saturated carbocycles. The van der Waals surface area contributed by atoms with Gasteiger partial charge in [-0.2, -0.15) is 22.7 Å². The lowest BCUT2D eigenvalue weighted by Gasteiger charge is -2.36. The maximum absolute atomic E-state index is 12.7. The summed E-state index contributed by atoms with van der Waals surface area (Å²) in [6.07, 6.45) is 0. The van der Waals surface area contributed by atoms with Crippen LogP contribution in [-0.4, -0.2) is 88.3 Å². The second kappa shape index (κ2) is 15.9. The number of carboxylic acid groups (broad SMARTS) is 1. The van der Waals surface area contributed by atoms with E-state index in [4.69, 9.17) is 14.7 Å². The first-order valence-corrected chi connectivity index (χ1v) is 15.4. The Morgan fingerprint density at radius 1 is 1.02 bits per heavy atom. The number of carbonyl (C=O) groups is 2. The molecule has 0 spiro atoms. The van der Waals surface area contributed by atoms with Gasteiger partial charge in [-0.05, 0) is 55.3 Å². The standard InChI is InChI=1S/C30H37N5O7S/c1-4-41-19-20-42-27-12-9-24(21-26(27)29(36)32-14-13-31)6-5-23-7-10-25(11-8-23)34-15-17-35(18-16-34)43(39,40)33-28(22(2)3)30(37)38/h7-12,21-22,28,33H,4,14-20H2,1-3H3,(H,32,36)(H,37,38)/t28-/m1/s1. The molecule has 1 aliphatic heterocycles. The van der Waals surface area contributed by atoms with Gasteiger partial charge in [0.2, 0.25) is 0 Å². The highest BCUT2D eigenvalue weighted by Gasteiger charge is 2.33. The number of amides is 1. The van der Waals surface area contributed by atoms with Crippen LogP contribution >= 0.6 is 0 Å². The van der Waals surface area contributed by atoms with Gasteiger partial charge in [0.05, 0.1) is 18.2 Å². The fourth-order valence-corrected chi connectivity index (χ4v) is 5.76. The molecule has 3 N–H and O–H groups in total. The highest BCUT2D eigenvalue weighted by atomic mass is 32.2. The topological polar surface area (TPSA) is 161 Å². The largest absolute Gasteiger partial charge is 0.490 e. The van der Waals surface area contributed by atoms with E-state index < -0.39 is 34.0 Å². The quantitative estimate of drug-likeness (QED) is 0.174. The van der Waals surface area contributed by atoms with Crippen LogP contribution in [0.25, 0.3) is 0 Å². The summed E-state index contributed by atoms with van der Waals surface area (Å²) in [5, 5.41) is 20.7. The van der Waals surface area contributed by atoms with Gasteiger partial charge in [0.25, 0.3) is 16.1 Å². The Bertz CT molecular complexity index is 1470. The molecule has 0 bridgehead atoms. The van der Waals surface area contributed by atoms with Gasteiger partial charge in [-0.3, -0.25) is 9.59 Å². The minimum Gasteiger partial charge on any atom is -0.490 e. The molecule has 13 heteroatoms. The van der Waals surface area contributed by atoms with Gasteiger partial charge in [-0.25, -0.2) is 0 Å². The number of hydrogen-bond acceptors (Lipinski definition) is 8. The Labute approximate surface area is 252 Å². The fourth-order valence-electron chi connectivity index (χ4n) is 4.27. The van der Waals surface area contributed by atoms with Gasteiger partial charge in [0, 0.05) is 49.6 Å². The highest BCUT2D eigenvalue weighted by molar-refractivity contribution is 7.87. The molecule has 43 heavy (non-hydrogen) atoms. The highest BCUT2D eigenvalue weighted by Crippen LogP contribution is 2.21. The summed E-state index contributed by atoms with van der Waals surface area (Å²) < 4.78 is 40.1. The molecule has 0 unspecified atom stereocenters.